The van der Waals surface area contributed by atoms with Crippen molar-refractivity contribution in [2.75, 3.05) is 6.61 Å². The monoisotopic (exact) mass is 438 g/mol. The van der Waals surface area contributed by atoms with Gasteiger partial charge < -0.3 is 14.6 Å². The molecular weight excluding hydrogens is 412 g/mol. The van der Waals surface area contributed by atoms with Gasteiger partial charge in [0.05, 0.1) is 6.61 Å². The molecule has 0 aliphatic heterocycles. The number of hydrogen-bond donors (Lipinski definition) is 1. The molecule has 0 unspecified atom stereocenters. The van der Waals surface area contributed by atoms with E-state index in [1.807, 2.05) is 121 Å². The van der Waals surface area contributed by atoms with Gasteiger partial charge in [0, 0.05) is 0 Å². The molecule has 0 saturated heterocycles. The Morgan fingerprint density at radius 1 is 0.667 bits per heavy atom. The van der Waals surface area contributed by atoms with Crippen LogP contribution in [0.4, 0.5) is 0 Å². The van der Waals surface area contributed by atoms with Crippen molar-refractivity contribution in [3.8, 4) is 0 Å². The number of hydrogen-bond acceptors (Lipinski definition) is 4. The summed E-state index contributed by atoms with van der Waals surface area (Å²) in [5, 5.41) is 10.6. The van der Waals surface area contributed by atoms with Crippen LogP contribution in [-0.2, 0) is 26.5 Å². The molecule has 0 bridgehead atoms. The summed E-state index contributed by atoms with van der Waals surface area (Å²) in [6.07, 6.45) is -1.43. The van der Waals surface area contributed by atoms with Gasteiger partial charge in [-0.05, 0) is 22.3 Å². The number of ether oxygens (including phenoxy) is 2. The largest absolute Gasteiger partial charge is 0.459 e. The highest BCUT2D eigenvalue weighted by Crippen LogP contribution is 2.40. The van der Waals surface area contributed by atoms with Gasteiger partial charge in [-0.1, -0.05) is 121 Å². The molecule has 1 atom stereocenters. The molecule has 0 saturated carbocycles. The van der Waals surface area contributed by atoms with Gasteiger partial charge in [0.1, 0.15) is 12.2 Å². The van der Waals surface area contributed by atoms with Gasteiger partial charge in [0.2, 0.25) is 0 Å². The van der Waals surface area contributed by atoms with Gasteiger partial charge in [0.25, 0.3) is 0 Å². The average Bonchev–Trinajstić information content (AvgIpc) is 2.90. The van der Waals surface area contributed by atoms with Crippen LogP contribution in [0.5, 0.6) is 0 Å². The van der Waals surface area contributed by atoms with Crippen LogP contribution in [0.3, 0.4) is 0 Å². The highest BCUT2D eigenvalue weighted by molar-refractivity contribution is 5.74. The first-order chi connectivity index (χ1) is 16.2. The fourth-order valence-electron chi connectivity index (χ4n) is 3.87. The predicted octanol–water partition coefficient (Wildman–Crippen LogP) is 5.10. The number of carbonyl (C=O) groups excluding carboxylic acids is 1. The molecule has 4 aromatic carbocycles. The Bertz CT molecular complexity index is 1030. The molecule has 4 rings (SSSR count). The van der Waals surface area contributed by atoms with Crippen molar-refractivity contribution < 1.29 is 19.4 Å². The third-order valence-electron chi connectivity index (χ3n) is 5.49. The number of aliphatic hydroxyl groups is 1. The van der Waals surface area contributed by atoms with E-state index >= 15 is 0 Å². The van der Waals surface area contributed by atoms with Crippen molar-refractivity contribution >= 4 is 5.97 Å². The minimum Gasteiger partial charge on any atom is -0.459 e. The molecule has 4 heteroatoms. The van der Waals surface area contributed by atoms with Crippen LogP contribution < -0.4 is 0 Å². The lowest BCUT2D eigenvalue weighted by molar-refractivity contribution is -0.160. The Labute approximate surface area is 194 Å². The van der Waals surface area contributed by atoms with Crippen LogP contribution in [0.1, 0.15) is 22.3 Å². The van der Waals surface area contributed by atoms with Crippen molar-refractivity contribution in [3.05, 3.63) is 144 Å². The smallest absolute Gasteiger partial charge is 0.337 e. The second-order valence-corrected chi connectivity index (χ2v) is 7.70. The summed E-state index contributed by atoms with van der Waals surface area (Å²) in [6, 6.07) is 38.8. The minimum atomic E-state index is -1.43. The van der Waals surface area contributed by atoms with E-state index in [9.17, 15) is 9.90 Å². The van der Waals surface area contributed by atoms with Gasteiger partial charge in [0.15, 0.2) is 6.10 Å². The lowest BCUT2D eigenvalue weighted by Crippen LogP contribution is -2.38. The number of aliphatic hydroxyl groups excluding tert-OH is 1. The summed E-state index contributed by atoms with van der Waals surface area (Å²) in [5.74, 6) is -0.720. The summed E-state index contributed by atoms with van der Waals surface area (Å²) in [7, 11) is 0. The van der Waals surface area contributed by atoms with E-state index in [2.05, 4.69) is 0 Å². The van der Waals surface area contributed by atoms with Gasteiger partial charge >= 0.3 is 5.97 Å². The SMILES string of the molecule is O=C(OCc1ccccc1)[C@H](O)COC(c1ccccc1)(c1ccccc1)c1ccccc1. The first-order valence-corrected chi connectivity index (χ1v) is 10.9. The maximum Gasteiger partial charge on any atom is 0.337 e. The standard InChI is InChI=1S/C29H26O4/c30-27(28(31)32-21-23-13-5-1-6-14-23)22-33-29(24-15-7-2-8-16-24,25-17-9-3-10-18-25)26-19-11-4-12-20-26/h1-20,27,30H,21-22H2/t27-/m1/s1. The van der Waals surface area contributed by atoms with Gasteiger partial charge in [-0.15, -0.1) is 0 Å². The normalized spacial score (nSPS) is 12.2. The van der Waals surface area contributed by atoms with E-state index in [1.165, 1.54) is 0 Å². The van der Waals surface area contributed by atoms with Gasteiger partial charge in [-0.2, -0.15) is 0 Å². The van der Waals surface area contributed by atoms with E-state index in [1.54, 1.807) is 0 Å². The van der Waals surface area contributed by atoms with Crippen LogP contribution >= 0.6 is 0 Å². The Morgan fingerprint density at radius 2 is 1.06 bits per heavy atom. The predicted molar refractivity (Wildman–Crippen MR) is 127 cm³/mol. The summed E-state index contributed by atoms with van der Waals surface area (Å²) in [5.41, 5.74) is 2.53. The van der Waals surface area contributed by atoms with E-state index in [-0.39, 0.29) is 13.2 Å². The molecule has 1 N–H and O–H groups in total. The first kappa shape index (κ1) is 22.5. The second kappa shape index (κ2) is 10.7. The molecule has 0 fully saturated rings. The van der Waals surface area contributed by atoms with Crippen LogP contribution in [0, 0.1) is 0 Å². The second-order valence-electron chi connectivity index (χ2n) is 7.70. The molecular formula is C29H26O4. The molecule has 33 heavy (non-hydrogen) atoms. The molecule has 166 valence electrons. The van der Waals surface area contributed by atoms with E-state index in [4.69, 9.17) is 9.47 Å². The number of rotatable bonds is 9. The maximum atomic E-state index is 12.5. The van der Waals surface area contributed by atoms with Crippen LogP contribution in [-0.4, -0.2) is 23.8 Å². The molecule has 4 nitrogen and oxygen atoms in total. The fraction of sp³-hybridized carbons (Fsp3) is 0.138. The molecule has 0 amide bonds. The molecule has 0 spiro atoms. The minimum absolute atomic E-state index is 0.0952. The highest BCUT2D eigenvalue weighted by atomic mass is 16.6. The first-order valence-electron chi connectivity index (χ1n) is 10.9. The zero-order chi connectivity index (χ0) is 22.9. The van der Waals surface area contributed by atoms with Crippen LogP contribution in [0.15, 0.2) is 121 Å². The van der Waals surface area contributed by atoms with Gasteiger partial charge in [-0.25, -0.2) is 4.79 Å². The summed E-state index contributed by atoms with van der Waals surface area (Å²) in [4.78, 5) is 12.5. The molecule has 0 aromatic heterocycles. The van der Waals surface area contributed by atoms with Crippen molar-refractivity contribution in [1.82, 2.24) is 0 Å². The molecule has 0 aliphatic carbocycles. The Balaban J connectivity index is 1.62. The maximum absolute atomic E-state index is 12.5. The van der Waals surface area contributed by atoms with Gasteiger partial charge in [-0.3, -0.25) is 0 Å². The van der Waals surface area contributed by atoms with Crippen molar-refractivity contribution in [2.45, 2.75) is 18.3 Å². The topological polar surface area (TPSA) is 55.8 Å². The molecule has 0 radical (unpaired) electrons. The third-order valence-corrected chi connectivity index (χ3v) is 5.49. The lowest BCUT2D eigenvalue weighted by Gasteiger charge is -2.36. The quantitative estimate of drug-likeness (QED) is 0.292. The zero-order valence-corrected chi connectivity index (χ0v) is 18.2. The molecule has 4 aromatic rings. The summed E-state index contributed by atoms with van der Waals surface area (Å²) in [6.45, 7) is -0.135. The fourth-order valence-corrected chi connectivity index (χ4v) is 3.87. The lowest BCUT2D eigenvalue weighted by atomic mass is 9.80. The van der Waals surface area contributed by atoms with Crippen LogP contribution in [0.2, 0.25) is 0 Å². The highest BCUT2D eigenvalue weighted by Gasteiger charge is 2.38. The van der Waals surface area contributed by atoms with E-state index in [0.29, 0.717) is 0 Å². The Hall–Kier alpha value is -3.73. The van der Waals surface area contributed by atoms with E-state index < -0.39 is 17.7 Å². The number of esters is 1. The Kier molecular flexibility index (Phi) is 7.30. The van der Waals surface area contributed by atoms with E-state index in [0.717, 1.165) is 22.3 Å². The van der Waals surface area contributed by atoms with Crippen molar-refractivity contribution in [1.29, 1.82) is 0 Å². The summed E-state index contributed by atoms with van der Waals surface area (Å²) >= 11 is 0. The zero-order valence-electron chi connectivity index (χ0n) is 18.2. The molecule has 0 heterocycles. The van der Waals surface area contributed by atoms with Crippen molar-refractivity contribution in [2.24, 2.45) is 0 Å². The average molecular weight is 439 g/mol. The van der Waals surface area contributed by atoms with Crippen molar-refractivity contribution in [3.63, 3.8) is 0 Å². The number of carbonyl (C=O) groups is 1. The Morgan fingerprint density at radius 3 is 1.48 bits per heavy atom. The number of benzene rings is 4. The third kappa shape index (κ3) is 5.20. The molecule has 0 aliphatic rings. The van der Waals surface area contributed by atoms with Crippen LogP contribution in [0.25, 0.3) is 0 Å². The summed E-state index contributed by atoms with van der Waals surface area (Å²) < 4.78 is 11.8.